The van der Waals surface area contributed by atoms with Crippen molar-refractivity contribution in [2.45, 2.75) is 24.9 Å². The minimum Gasteiger partial charge on any atom is -0.508 e. The molecule has 1 heterocycles. The average molecular weight is 385 g/mol. The fourth-order valence-electron chi connectivity index (χ4n) is 2.94. The maximum atomic E-state index is 10.5. The molecule has 0 radical (unpaired) electrons. The Balaban J connectivity index is 2.19. The van der Waals surface area contributed by atoms with E-state index in [-0.39, 0.29) is 17.4 Å². The predicted octanol–water partition coefficient (Wildman–Crippen LogP) is 4.26. The van der Waals surface area contributed by atoms with Crippen LogP contribution in [-0.2, 0) is 0 Å². The SMILES string of the molecule is CSc1nnc(-c2cc(C(C)C)c(O)cc2O)n1-c1ccc(N(C)C)cc1. The van der Waals surface area contributed by atoms with Gasteiger partial charge >= 0.3 is 0 Å². The highest BCUT2D eigenvalue weighted by Crippen LogP contribution is 2.38. The monoisotopic (exact) mass is 384 g/mol. The average Bonchev–Trinajstić information content (AvgIpc) is 3.05. The molecule has 142 valence electrons. The minimum absolute atomic E-state index is 0.0249. The summed E-state index contributed by atoms with van der Waals surface area (Å²) < 4.78 is 1.92. The third-order valence-electron chi connectivity index (χ3n) is 4.45. The lowest BCUT2D eigenvalue weighted by Crippen LogP contribution is -2.08. The van der Waals surface area contributed by atoms with Gasteiger partial charge in [-0.05, 0) is 48.1 Å². The fourth-order valence-corrected chi connectivity index (χ4v) is 3.44. The molecule has 0 amide bonds. The summed E-state index contributed by atoms with van der Waals surface area (Å²) in [6, 6.07) is 11.2. The molecular weight excluding hydrogens is 360 g/mol. The van der Waals surface area contributed by atoms with Crippen LogP contribution in [0.5, 0.6) is 11.5 Å². The molecule has 0 aliphatic heterocycles. The van der Waals surface area contributed by atoms with Gasteiger partial charge in [-0.3, -0.25) is 4.57 Å². The Labute approximate surface area is 163 Å². The van der Waals surface area contributed by atoms with Crippen molar-refractivity contribution in [2.24, 2.45) is 0 Å². The van der Waals surface area contributed by atoms with Gasteiger partial charge in [-0.15, -0.1) is 10.2 Å². The smallest absolute Gasteiger partial charge is 0.195 e. The number of aromatic hydroxyl groups is 2. The molecule has 0 atom stereocenters. The van der Waals surface area contributed by atoms with E-state index in [4.69, 9.17) is 0 Å². The molecule has 27 heavy (non-hydrogen) atoms. The lowest BCUT2D eigenvalue weighted by atomic mass is 9.98. The van der Waals surface area contributed by atoms with Crippen molar-refractivity contribution in [1.82, 2.24) is 14.8 Å². The van der Waals surface area contributed by atoms with Crippen LogP contribution in [0.1, 0.15) is 25.3 Å². The van der Waals surface area contributed by atoms with E-state index in [0.717, 1.165) is 22.1 Å². The zero-order valence-electron chi connectivity index (χ0n) is 16.1. The number of hydrogen-bond acceptors (Lipinski definition) is 6. The molecule has 0 spiro atoms. The van der Waals surface area contributed by atoms with Crippen molar-refractivity contribution in [1.29, 1.82) is 0 Å². The van der Waals surface area contributed by atoms with Crippen LogP contribution in [0, 0.1) is 0 Å². The molecule has 1 aromatic heterocycles. The number of aromatic nitrogens is 3. The minimum atomic E-state index is -0.0249. The van der Waals surface area contributed by atoms with E-state index in [1.54, 1.807) is 6.07 Å². The number of hydrogen-bond donors (Lipinski definition) is 2. The van der Waals surface area contributed by atoms with Gasteiger partial charge < -0.3 is 15.1 Å². The molecular formula is C20H24N4O2S. The number of nitrogens with zero attached hydrogens (tertiary/aromatic N) is 4. The fraction of sp³-hybridized carbons (Fsp3) is 0.300. The Morgan fingerprint density at radius 2 is 1.67 bits per heavy atom. The van der Waals surface area contributed by atoms with Crippen molar-refractivity contribution < 1.29 is 10.2 Å². The number of phenolic OH excluding ortho intramolecular Hbond substituents is 2. The van der Waals surface area contributed by atoms with Crippen molar-refractivity contribution in [3.63, 3.8) is 0 Å². The van der Waals surface area contributed by atoms with Gasteiger partial charge in [0, 0.05) is 31.5 Å². The van der Waals surface area contributed by atoms with Crippen LogP contribution in [0.15, 0.2) is 41.6 Å². The molecule has 7 heteroatoms. The van der Waals surface area contributed by atoms with Crippen LogP contribution in [0.3, 0.4) is 0 Å². The molecule has 0 fully saturated rings. The Morgan fingerprint density at radius 1 is 1.00 bits per heavy atom. The number of anilines is 1. The third kappa shape index (κ3) is 3.60. The second-order valence-electron chi connectivity index (χ2n) is 6.84. The van der Waals surface area contributed by atoms with Gasteiger partial charge in [0.05, 0.1) is 5.56 Å². The molecule has 0 aliphatic carbocycles. The van der Waals surface area contributed by atoms with Gasteiger partial charge in [0.2, 0.25) is 0 Å². The second-order valence-corrected chi connectivity index (χ2v) is 7.61. The summed E-state index contributed by atoms with van der Waals surface area (Å²) in [6.45, 7) is 3.99. The van der Waals surface area contributed by atoms with Crippen molar-refractivity contribution in [2.75, 3.05) is 25.3 Å². The Bertz CT molecular complexity index is 949. The molecule has 2 N–H and O–H groups in total. The first-order valence-corrected chi connectivity index (χ1v) is 9.89. The van der Waals surface area contributed by atoms with Gasteiger partial charge in [-0.2, -0.15) is 0 Å². The van der Waals surface area contributed by atoms with Gasteiger partial charge in [-0.1, -0.05) is 25.6 Å². The lowest BCUT2D eigenvalue weighted by Gasteiger charge is -2.16. The van der Waals surface area contributed by atoms with Crippen molar-refractivity contribution >= 4 is 17.4 Å². The highest BCUT2D eigenvalue weighted by molar-refractivity contribution is 7.98. The lowest BCUT2D eigenvalue weighted by molar-refractivity contribution is 0.444. The molecule has 3 aromatic rings. The van der Waals surface area contributed by atoms with E-state index < -0.39 is 0 Å². The van der Waals surface area contributed by atoms with Crippen LogP contribution in [0.2, 0.25) is 0 Å². The summed E-state index contributed by atoms with van der Waals surface area (Å²) in [5.74, 6) is 0.706. The first kappa shape index (κ1) is 19.1. The molecule has 2 aromatic carbocycles. The topological polar surface area (TPSA) is 74.4 Å². The Hall–Kier alpha value is -2.67. The molecule has 6 nitrogen and oxygen atoms in total. The number of thioether (sulfide) groups is 1. The van der Waals surface area contributed by atoms with E-state index in [1.165, 1.54) is 17.8 Å². The van der Waals surface area contributed by atoms with Crippen LogP contribution < -0.4 is 4.90 Å². The van der Waals surface area contributed by atoms with Crippen molar-refractivity contribution in [3.05, 3.63) is 42.0 Å². The first-order chi connectivity index (χ1) is 12.8. The van der Waals surface area contributed by atoms with E-state index >= 15 is 0 Å². The third-order valence-corrected chi connectivity index (χ3v) is 5.08. The molecule has 0 bridgehead atoms. The summed E-state index contributed by atoms with van der Waals surface area (Å²) in [5, 5.41) is 29.9. The number of rotatable bonds is 5. The quantitative estimate of drug-likeness (QED) is 0.641. The maximum Gasteiger partial charge on any atom is 0.195 e. The van der Waals surface area contributed by atoms with E-state index in [2.05, 4.69) is 10.2 Å². The highest BCUT2D eigenvalue weighted by Gasteiger charge is 2.20. The second kappa shape index (κ2) is 7.52. The van der Waals surface area contributed by atoms with Crippen LogP contribution >= 0.6 is 11.8 Å². The summed E-state index contributed by atoms with van der Waals surface area (Å²) >= 11 is 1.48. The summed E-state index contributed by atoms with van der Waals surface area (Å²) in [7, 11) is 3.99. The number of benzene rings is 2. The van der Waals surface area contributed by atoms with Gasteiger partial charge in [0.1, 0.15) is 11.5 Å². The Morgan fingerprint density at radius 3 is 2.22 bits per heavy atom. The van der Waals surface area contributed by atoms with Crippen LogP contribution in [0.25, 0.3) is 17.1 Å². The van der Waals surface area contributed by atoms with E-state index in [1.807, 2.05) is 67.9 Å². The molecule has 3 rings (SSSR count). The molecule has 0 saturated heterocycles. The first-order valence-electron chi connectivity index (χ1n) is 8.67. The van der Waals surface area contributed by atoms with E-state index in [0.29, 0.717) is 11.4 Å². The summed E-state index contributed by atoms with van der Waals surface area (Å²) in [5.41, 5.74) is 3.30. The van der Waals surface area contributed by atoms with E-state index in [9.17, 15) is 10.2 Å². The Kier molecular flexibility index (Phi) is 5.32. The largest absolute Gasteiger partial charge is 0.508 e. The van der Waals surface area contributed by atoms with Crippen LogP contribution in [-0.4, -0.2) is 45.3 Å². The zero-order valence-corrected chi connectivity index (χ0v) is 16.9. The molecule has 0 aliphatic rings. The van der Waals surface area contributed by atoms with Gasteiger partial charge in [0.15, 0.2) is 11.0 Å². The summed E-state index contributed by atoms with van der Waals surface area (Å²) in [6.07, 6.45) is 1.94. The molecule has 0 unspecified atom stereocenters. The zero-order chi connectivity index (χ0) is 19.7. The van der Waals surface area contributed by atoms with Gasteiger partial charge in [-0.25, -0.2) is 0 Å². The summed E-state index contributed by atoms with van der Waals surface area (Å²) in [4.78, 5) is 2.03. The maximum absolute atomic E-state index is 10.5. The van der Waals surface area contributed by atoms with Crippen LogP contribution in [0.4, 0.5) is 5.69 Å². The predicted molar refractivity (Wildman–Crippen MR) is 110 cm³/mol. The van der Waals surface area contributed by atoms with Gasteiger partial charge in [0.25, 0.3) is 0 Å². The number of phenols is 2. The highest BCUT2D eigenvalue weighted by atomic mass is 32.2. The standard InChI is InChI=1S/C20H24N4O2S/c1-12(2)15-10-16(18(26)11-17(15)25)19-21-22-20(27-5)24(19)14-8-6-13(7-9-14)23(3)4/h6-12,25-26H,1-5H3. The molecule has 0 saturated carbocycles. The van der Waals surface area contributed by atoms with Crippen molar-refractivity contribution in [3.8, 4) is 28.6 Å². The normalized spacial score (nSPS) is 11.2.